The molecule has 0 bridgehead atoms. The maximum Gasteiger partial charge on any atom is 0.237 e. The summed E-state index contributed by atoms with van der Waals surface area (Å²) in [4.78, 5) is 13.5. The zero-order chi connectivity index (χ0) is 13.5. The zero-order valence-electron chi connectivity index (χ0n) is 11.1. The molecule has 0 saturated carbocycles. The van der Waals surface area contributed by atoms with Crippen molar-refractivity contribution in [2.45, 2.75) is 56.5 Å². The fourth-order valence-electron chi connectivity index (χ4n) is 3.72. The van der Waals surface area contributed by atoms with Gasteiger partial charge in [-0.15, -0.1) is 6.58 Å². The molecule has 2 heterocycles. The van der Waals surface area contributed by atoms with Crippen LogP contribution in [-0.4, -0.2) is 52.2 Å². The lowest BCUT2D eigenvalue weighted by atomic mass is 9.70. The summed E-state index contributed by atoms with van der Waals surface area (Å²) >= 11 is 0. The Balaban J connectivity index is 2.24. The van der Waals surface area contributed by atoms with Crippen LogP contribution in [0.15, 0.2) is 12.7 Å². The molecule has 5 heteroatoms. The molecule has 0 aliphatic carbocycles. The van der Waals surface area contributed by atoms with E-state index in [0.29, 0.717) is 0 Å². The second-order valence-electron chi connectivity index (χ2n) is 5.46. The monoisotopic (exact) mass is 253 g/mol. The summed E-state index contributed by atoms with van der Waals surface area (Å²) in [6.45, 7) is 8.56. The zero-order valence-corrected chi connectivity index (χ0v) is 11.1. The van der Waals surface area contributed by atoms with Crippen molar-refractivity contribution in [1.82, 2.24) is 10.2 Å². The number of rotatable bonds is 4. The molecule has 0 radical (unpaired) electrons. The summed E-state index contributed by atoms with van der Waals surface area (Å²) in [5.41, 5.74) is 5.42. The van der Waals surface area contributed by atoms with Gasteiger partial charge in [-0.3, -0.25) is 9.69 Å². The Kier molecular flexibility index (Phi) is 3.49. The molecule has 2 fully saturated rings. The van der Waals surface area contributed by atoms with Gasteiger partial charge in [-0.25, -0.2) is 0 Å². The third-order valence-electron chi connectivity index (χ3n) is 4.56. The topological polar surface area (TPSA) is 78.6 Å². The lowest BCUT2D eigenvalue weighted by Crippen LogP contribution is -2.82. The van der Waals surface area contributed by atoms with Crippen molar-refractivity contribution in [3.05, 3.63) is 12.7 Å². The fourth-order valence-corrected chi connectivity index (χ4v) is 3.72. The molecule has 0 aromatic carbocycles. The first-order chi connectivity index (χ1) is 8.45. The minimum Gasteiger partial charge on any atom is -0.391 e. The Bertz CT molecular complexity index is 350. The first kappa shape index (κ1) is 13.5. The second kappa shape index (κ2) is 4.64. The van der Waals surface area contributed by atoms with Crippen LogP contribution in [0.4, 0.5) is 0 Å². The predicted octanol–water partition coefficient (Wildman–Crippen LogP) is -0.398. The number of hydrogen-bond donors (Lipinski definition) is 3. The summed E-state index contributed by atoms with van der Waals surface area (Å²) in [6.07, 6.45) is 3.30. The molecule has 18 heavy (non-hydrogen) atoms. The molecule has 4 N–H and O–H groups in total. The van der Waals surface area contributed by atoms with Crippen LogP contribution in [0, 0.1) is 0 Å². The Hall–Kier alpha value is -0.910. The highest BCUT2D eigenvalue weighted by atomic mass is 16.3. The average molecular weight is 253 g/mol. The SMILES string of the molecule is C=CC1N([C@H](C(N)=O)[C@@H](C)O)C(C)C12CCCN2. The van der Waals surface area contributed by atoms with Gasteiger partial charge in [-0.1, -0.05) is 6.08 Å². The van der Waals surface area contributed by atoms with Gasteiger partial charge < -0.3 is 16.2 Å². The van der Waals surface area contributed by atoms with Crippen molar-refractivity contribution in [2.24, 2.45) is 5.73 Å². The van der Waals surface area contributed by atoms with Crippen molar-refractivity contribution in [2.75, 3.05) is 6.54 Å². The maximum atomic E-state index is 11.6. The highest BCUT2D eigenvalue weighted by Gasteiger charge is 2.61. The summed E-state index contributed by atoms with van der Waals surface area (Å²) in [6, 6.07) is -0.409. The van der Waals surface area contributed by atoms with Crippen molar-refractivity contribution in [3.63, 3.8) is 0 Å². The molecule has 2 aliphatic heterocycles. The molecule has 2 rings (SSSR count). The summed E-state index contributed by atoms with van der Waals surface area (Å²) in [5, 5.41) is 13.3. The molecule has 5 nitrogen and oxygen atoms in total. The van der Waals surface area contributed by atoms with Crippen LogP contribution in [0.3, 0.4) is 0 Å². The first-order valence-corrected chi connectivity index (χ1v) is 6.58. The van der Waals surface area contributed by atoms with Crippen LogP contribution in [0.2, 0.25) is 0 Å². The highest BCUT2D eigenvalue weighted by Crippen LogP contribution is 2.44. The van der Waals surface area contributed by atoms with E-state index in [4.69, 9.17) is 5.73 Å². The normalized spacial score (nSPS) is 39.3. The van der Waals surface area contributed by atoms with E-state index in [9.17, 15) is 9.90 Å². The molecule has 2 saturated heterocycles. The van der Waals surface area contributed by atoms with E-state index < -0.39 is 18.1 Å². The van der Waals surface area contributed by atoms with Gasteiger partial charge in [-0.2, -0.15) is 0 Å². The van der Waals surface area contributed by atoms with E-state index in [0.717, 1.165) is 19.4 Å². The first-order valence-electron chi connectivity index (χ1n) is 6.58. The number of primary amides is 1. The minimum absolute atomic E-state index is 0.00431. The molecule has 1 amide bonds. The van der Waals surface area contributed by atoms with Gasteiger partial charge in [0.05, 0.1) is 11.6 Å². The van der Waals surface area contributed by atoms with Crippen molar-refractivity contribution < 1.29 is 9.90 Å². The van der Waals surface area contributed by atoms with Crippen LogP contribution < -0.4 is 11.1 Å². The molecule has 2 aliphatic rings. The minimum atomic E-state index is -0.772. The maximum absolute atomic E-state index is 11.6. The van der Waals surface area contributed by atoms with Crippen molar-refractivity contribution in [3.8, 4) is 0 Å². The molecule has 0 aromatic heterocycles. The van der Waals surface area contributed by atoms with Crippen LogP contribution >= 0.6 is 0 Å². The van der Waals surface area contributed by atoms with Gasteiger partial charge in [0.25, 0.3) is 0 Å². The van der Waals surface area contributed by atoms with Gasteiger partial charge in [0.2, 0.25) is 5.91 Å². The highest BCUT2D eigenvalue weighted by molar-refractivity contribution is 5.81. The third kappa shape index (κ3) is 1.69. The van der Waals surface area contributed by atoms with Gasteiger partial charge in [0, 0.05) is 12.1 Å². The van der Waals surface area contributed by atoms with Crippen molar-refractivity contribution in [1.29, 1.82) is 0 Å². The van der Waals surface area contributed by atoms with Gasteiger partial charge in [0.1, 0.15) is 6.04 Å². The summed E-state index contributed by atoms with van der Waals surface area (Å²) in [7, 11) is 0. The number of amides is 1. The Labute approximate surface area is 108 Å². The van der Waals surface area contributed by atoms with Crippen LogP contribution in [0.25, 0.3) is 0 Å². The van der Waals surface area contributed by atoms with E-state index in [1.54, 1.807) is 6.92 Å². The number of nitrogens with two attached hydrogens (primary N) is 1. The van der Waals surface area contributed by atoms with E-state index in [1.807, 2.05) is 11.0 Å². The average Bonchev–Trinajstić information content (AvgIpc) is 2.78. The van der Waals surface area contributed by atoms with E-state index >= 15 is 0 Å². The molecule has 102 valence electrons. The molecule has 5 atom stereocenters. The Morgan fingerprint density at radius 1 is 1.72 bits per heavy atom. The van der Waals surface area contributed by atoms with Gasteiger partial charge >= 0.3 is 0 Å². The molecule has 0 aromatic rings. The number of nitrogens with one attached hydrogen (secondary N) is 1. The Morgan fingerprint density at radius 2 is 2.39 bits per heavy atom. The molecule has 1 spiro atoms. The number of nitrogens with zero attached hydrogens (tertiary/aromatic N) is 1. The number of likely N-dealkylation sites (tertiary alicyclic amines) is 1. The molecule has 3 unspecified atom stereocenters. The molecular formula is C13H23N3O2. The summed E-state index contributed by atoms with van der Waals surface area (Å²) in [5.74, 6) is -0.475. The van der Waals surface area contributed by atoms with Gasteiger partial charge in [-0.05, 0) is 33.2 Å². The predicted molar refractivity (Wildman–Crippen MR) is 69.9 cm³/mol. The Morgan fingerprint density at radius 3 is 2.78 bits per heavy atom. The van der Waals surface area contributed by atoms with Crippen LogP contribution in [0.5, 0.6) is 0 Å². The standard InChI is InChI=1S/C13H23N3O2/c1-4-10-13(6-5-7-15-13)9(3)16(10)11(8(2)17)12(14)18/h4,8-11,15,17H,1,5-7H2,2-3H3,(H2,14,18)/t8-,9?,10?,11+,13?/m1/s1. The number of aliphatic hydroxyl groups is 1. The van der Waals surface area contributed by atoms with Crippen molar-refractivity contribution >= 4 is 5.91 Å². The van der Waals surface area contributed by atoms with E-state index in [2.05, 4.69) is 18.8 Å². The number of carbonyl (C=O) groups excluding carboxylic acids is 1. The number of aliphatic hydroxyl groups excluding tert-OH is 1. The van der Waals surface area contributed by atoms with E-state index in [1.165, 1.54) is 0 Å². The fraction of sp³-hybridized carbons (Fsp3) is 0.769. The lowest BCUT2D eigenvalue weighted by Gasteiger charge is -2.63. The lowest BCUT2D eigenvalue weighted by molar-refractivity contribution is -0.147. The van der Waals surface area contributed by atoms with Crippen LogP contribution in [-0.2, 0) is 4.79 Å². The molecular weight excluding hydrogens is 230 g/mol. The van der Waals surface area contributed by atoms with E-state index in [-0.39, 0.29) is 17.6 Å². The largest absolute Gasteiger partial charge is 0.391 e. The number of carbonyl (C=O) groups is 1. The number of hydrogen-bond acceptors (Lipinski definition) is 4. The smallest absolute Gasteiger partial charge is 0.237 e. The third-order valence-corrected chi connectivity index (χ3v) is 4.56. The van der Waals surface area contributed by atoms with Gasteiger partial charge in [0.15, 0.2) is 0 Å². The quantitative estimate of drug-likeness (QED) is 0.596. The summed E-state index contributed by atoms with van der Waals surface area (Å²) < 4.78 is 0. The second-order valence-corrected chi connectivity index (χ2v) is 5.46. The van der Waals surface area contributed by atoms with Crippen LogP contribution in [0.1, 0.15) is 26.7 Å².